The van der Waals surface area contributed by atoms with E-state index >= 15 is 0 Å². The molecule has 2 aromatic carbocycles. The fourth-order valence-corrected chi connectivity index (χ4v) is 5.53. The predicted octanol–water partition coefficient (Wildman–Crippen LogP) is 5.92. The second-order valence-electron chi connectivity index (χ2n) is 9.45. The molecule has 4 rings (SSSR count). The molecule has 1 amide bonds. The quantitative estimate of drug-likeness (QED) is 0.557. The third-order valence-electron chi connectivity index (χ3n) is 7.38. The predicted molar refractivity (Wildman–Crippen MR) is 128 cm³/mol. The van der Waals surface area contributed by atoms with Crippen molar-refractivity contribution in [3.63, 3.8) is 0 Å². The van der Waals surface area contributed by atoms with Crippen molar-refractivity contribution in [2.24, 2.45) is 11.8 Å². The van der Waals surface area contributed by atoms with E-state index in [1.165, 1.54) is 43.2 Å². The Bertz CT molecular complexity index is 751. The molecule has 1 saturated carbocycles. The number of hydrogen-bond acceptors (Lipinski definition) is 2. The normalized spacial score (nSPS) is 22.6. The van der Waals surface area contributed by atoms with Crippen LogP contribution in [0.3, 0.4) is 0 Å². The molecule has 0 unspecified atom stereocenters. The lowest BCUT2D eigenvalue weighted by molar-refractivity contribution is -0.138. The van der Waals surface area contributed by atoms with Crippen LogP contribution in [0.1, 0.15) is 69.0 Å². The van der Waals surface area contributed by atoms with Crippen LogP contribution in [-0.2, 0) is 4.79 Å². The van der Waals surface area contributed by atoms with Gasteiger partial charge in [0.05, 0.1) is 6.04 Å². The van der Waals surface area contributed by atoms with E-state index < -0.39 is 0 Å². The van der Waals surface area contributed by atoms with E-state index in [0.29, 0.717) is 5.91 Å². The lowest BCUT2D eigenvalue weighted by Gasteiger charge is -2.41. The average molecular weight is 419 g/mol. The molecule has 1 saturated heterocycles. The number of unbranched alkanes of at least 4 members (excludes halogenated alkanes) is 1. The van der Waals surface area contributed by atoms with Crippen LogP contribution in [-0.4, -0.2) is 41.9 Å². The Balaban J connectivity index is 1.35. The lowest BCUT2D eigenvalue weighted by atomic mass is 9.79. The van der Waals surface area contributed by atoms with Gasteiger partial charge >= 0.3 is 0 Å². The van der Waals surface area contributed by atoms with Crippen LogP contribution in [0, 0.1) is 11.8 Å². The summed E-state index contributed by atoms with van der Waals surface area (Å²) in [6, 6.07) is 21.8. The van der Waals surface area contributed by atoms with E-state index in [9.17, 15) is 4.79 Å². The van der Waals surface area contributed by atoms with Crippen LogP contribution in [0.5, 0.6) is 0 Å². The monoisotopic (exact) mass is 418 g/mol. The first-order chi connectivity index (χ1) is 15.3. The molecule has 2 aromatic rings. The van der Waals surface area contributed by atoms with Gasteiger partial charge in [-0.05, 0) is 42.7 Å². The highest BCUT2D eigenvalue weighted by Gasteiger charge is 2.32. The number of hydrogen-bond donors (Lipinski definition) is 0. The van der Waals surface area contributed by atoms with Crippen LogP contribution in [0.4, 0.5) is 0 Å². The Labute approximate surface area is 188 Å². The van der Waals surface area contributed by atoms with Gasteiger partial charge in [-0.25, -0.2) is 0 Å². The number of amides is 1. The van der Waals surface area contributed by atoms with Crippen LogP contribution in [0.25, 0.3) is 0 Å². The zero-order valence-electron chi connectivity index (χ0n) is 19.1. The first-order valence-corrected chi connectivity index (χ1v) is 12.4. The van der Waals surface area contributed by atoms with Gasteiger partial charge in [0.15, 0.2) is 0 Å². The standard InChI is InChI=1S/C28H38N2O/c1-2-3-10-23-15-17-26(18-16-23)28(31)30-21-19-29(20-22-30)27(24-11-6-4-7-12-24)25-13-8-5-9-14-25/h4-9,11-14,23,26-27H,2-3,10,15-22H2,1H3. The van der Waals surface area contributed by atoms with Crippen molar-refractivity contribution in [1.29, 1.82) is 0 Å². The summed E-state index contributed by atoms with van der Waals surface area (Å²) in [4.78, 5) is 17.9. The minimum absolute atomic E-state index is 0.258. The number of carbonyl (C=O) groups is 1. The summed E-state index contributed by atoms with van der Waals surface area (Å²) in [5.41, 5.74) is 2.66. The summed E-state index contributed by atoms with van der Waals surface area (Å²) < 4.78 is 0. The van der Waals surface area contributed by atoms with Gasteiger partial charge in [0.2, 0.25) is 5.91 Å². The molecule has 0 spiro atoms. The maximum Gasteiger partial charge on any atom is 0.225 e. The van der Waals surface area contributed by atoms with Crippen molar-refractivity contribution < 1.29 is 4.79 Å². The van der Waals surface area contributed by atoms with E-state index in [2.05, 4.69) is 77.4 Å². The molecular weight excluding hydrogens is 380 g/mol. The Morgan fingerprint density at radius 1 is 0.839 bits per heavy atom. The molecule has 1 aliphatic heterocycles. The molecule has 1 aliphatic carbocycles. The number of rotatable bonds is 7. The van der Waals surface area contributed by atoms with Gasteiger partial charge in [0.25, 0.3) is 0 Å². The first-order valence-electron chi connectivity index (χ1n) is 12.4. The van der Waals surface area contributed by atoms with Gasteiger partial charge in [0.1, 0.15) is 0 Å². The molecule has 3 heteroatoms. The lowest BCUT2D eigenvalue weighted by Crippen LogP contribution is -2.51. The molecule has 0 aromatic heterocycles. The van der Waals surface area contributed by atoms with Gasteiger partial charge < -0.3 is 4.90 Å². The van der Waals surface area contributed by atoms with E-state index in [1.807, 2.05) is 0 Å². The fourth-order valence-electron chi connectivity index (χ4n) is 5.53. The van der Waals surface area contributed by atoms with E-state index in [1.54, 1.807) is 0 Å². The highest BCUT2D eigenvalue weighted by atomic mass is 16.2. The molecule has 3 nitrogen and oxygen atoms in total. The van der Waals surface area contributed by atoms with Crippen molar-refractivity contribution >= 4 is 5.91 Å². The topological polar surface area (TPSA) is 23.6 Å². The van der Waals surface area contributed by atoms with E-state index in [0.717, 1.165) is 44.9 Å². The Hall–Kier alpha value is -2.13. The van der Waals surface area contributed by atoms with Crippen molar-refractivity contribution in [2.45, 2.75) is 57.9 Å². The minimum atomic E-state index is 0.258. The van der Waals surface area contributed by atoms with Gasteiger partial charge in [-0.1, -0.05) is 86.8 Å². The molecule has 31 heavy (non-hydrogen) atoms. The largest absolute Gasteiger partial charge is 0.340 e. The van der Waals surface area contributed by atoms with Gasteiger partial charge in [-0.2, -0.15) is 0 Å². The van der Waals surface area contributed by atoms with Crippen molar-refractivity contribution in [3.8, 4) is 0 Å². The summed E-state index contributed by atoms with van der Waals surface area (Å²) in [5.74, 6) is 1.55. The van der Waals surface area contributed by atoms with Gasteiger partial charge in [0, 0.05) is 32.1 Å². The SMILES string of the molecule is CCCCC1CCC(C(=O)N2CCN(C(c3ccccc3)c3ccccc3)CC2)CC1. The fraction of sp³-hybridized carbons (Fsp3) is 0.536. The second kappa shape index (κ2) is 10.9. The highest BCUT2D eigenvalue weighted by Crippen LogP contribution is 2.34. The third kappa shape index (κ3) is 5.57. The summed E-state index contributed by atoms with van der Waals surface area (Å²) in [6.07, 6.45) is 8.69. The highest BCUT2D eigenvalue weighted by molar-refractivity contribution is 5.79. The minimum Gasteiger partial charge on any atom is -0.340 e. The Morgan fingerprint density at radius 3 is 1.90 bits per heavy atom. The summed E-state index contributed by atoms with van der Waals surface area (Å²) in [7, 11) is 0. The maximum atomic E-state index is 13.2. The maximum absolute atomic E-state index is 13.2. The molecule has 0 bridgehead atoms. The Kier molecular flexibility index (Phi) is 7.80. The smallest absolute Gasteiger partial charge is 0.225 e. The molecule has 2 fully saturated rings. The van der Waals surface area contributed by atoms with Crippen LogP contribution in [0.2, 0.25) is 0 Å². The molecule has 0 radical (unpaired) electrons. The number of benzene rings is 2. The second-order valence-corrected chi connectivity index (χ2v) is 9.45. The zero-order chi connectivity index (χ0) is 21.5. The zero-order valence-corrected chi connectivity index (χ0v) is 19.1. The van der Waals surface area contributed by atoms with Crippen LogP contribution >= 0.6 is 0 Å². The number of piperazine rings is 1. The molecule has 2 aliphatic rings. The van der Waals surface area contributed by atoms with Crippen molar-refractivity contribution in [2.75, 3.05) is 26.2 Å². The Morgan fingerprint density at radius 2 is 1.39 bits per heavy atom. The summed E-state index contributed by atoms with van der Waals surface area (Å²) in [5, 5.41) is 0. The first kappa shape index (κ1) is 22.1. The molecular formula is C28H38N2O. The average Bonchev–Trinajstić information content (AvgIpc) is 2.85. The molecule has 0 N–H and O–H groups in total. The number of carbonyl (C=O) groups excluding carboxylic acids is 1. The summed E-state index contributed by atoms with van der Waals surface area (Å²) >= 11 is 0. The van der Waals surface area contributed by atoms with Gasteiger partial charge in [-0.3, -0.25) is 9.69 Å². The van der Waals surface area contributed by atoms with E-state index in [-0.39, 0.29) is 12.0 Å². The van der Waals surface area contributed by atoms with Crippen LogP contribution in [0.15, 0.2) is 60.7 Å². The summed E-state index contributed by atoms with van der Waals surface area (Å²) in [6.45, 7) is 5.85. The molecule has 0 atom stereocenters. The van der Waals surface area contributed by atoms with E-state index in [4.69, 9.17) is 0 Å². The van der Waals surface area contributed by atoms with Crippen molar-refractivity contribution in [1.82, 2.24) is 9.80 Å². The van der Waals surface area contributed by atoms with Gasteiger partial charge in [-0.15, -0.1) is 0 Å². The van der Waals surface area contributed by atoms with Crippen molar-refractivity contribution in [3.05, 3.63) is 71.8 Å². The number of nitrogens with zero attached hydrogens (tertiary/aromatic N) is 2. The third-order valence-corrected chi connectivity index (χ3v) is 7.38. The molecule has 166 valence electrons. The molecule has 1 heterocycles. The van der Waals surface area contributed by atoms with Crippen LogP contribution < -0.4 is 0 Å².